The summed E-state index contributed by atoms with van der Waals surface area (Å²) < 4.78 is 11.4. The molecule has 3 fully saturated rings. The van der Waals surface area contributed by atoms with Gasteiger partial charge in [-0.05, 0) is 50.2 Å². The molecule has 1 atom stereocenters. The minimum Gasteiger partial charge on any atom is -0.491 e. The molecule has 1 N–H and O–H groups in total. The molecule has 3 aliphatic rings. The SMILES string of the molecule is O=C(Nc1ccccc1OCC1CC1)N1CCCCC1CN1CCOCC1. The van der Waals surface area contributed by atoms with Crippen LogP contribution in [0.3, 0.4) is 0 Å². The van der Waals surface area contributed by atoms with E-state index < -0.39 is 0 Å². The van der Waals surface area contributed by atoms with Crippen LogP contribution in [0, 0.1) is 5.92 Å². The van der Waals surface area contributed by atoms with Gasteiger partial charge in [-0.2, -0.15) is 0 Å². The third kappa shape index (κ3) is 5.14. The molecule has 1 aromatic rings. The number of amides is 2. The molecule has 1 aliphatic carbocycles. The first-order valence-electron chi connectivity index (χ1n) is 10.4. The molecule has 1 unspecified atom stereocenters. The third-order valence-electron chi connectivity index (χ3n) is 5.76. The van der Waals surface area contributed by atoms with Crippen molar-refractivity contribution < 1.29 is 14.3 Å². The van der Waals surface area contributed by atoms with Crippen LogP contribution in [0.15, 0.2) is 24.3 Å². The van der Waals surface area contributed by atoms with E-state index >= 15 is 0 Å². The summed E-state index contributed by atoms with van der Waals surface area (Å²) in [5.74, 6) is 1.47. The van der Waals surface area contributed by atoms with Crippen molar-refractivity contribution in [1.82, 2.24) is 9.80 Å². The minimum absolute atomic E-state index is 0.00423. The van der Waals surface area contributed by atoms with Crippen LogP contribution in [0.5, 0.6) is 5.75 Å². The number of hydrogen-bond donors (Lipinski definition) is 1. The molecular formula is C21H31N3O3. The number of carbonyl (C=O) groups excluding carboxylic acids is 1. The predicted octanol–water partition coefficient (Wildman–Crippen LogP) is 3.19. The van der Waals surface area contributed by atoms with Crippen LogP contribution in [0.1, 0.15) is 32.1 Å². The third-order valence-corrected chi connectivity index (χ3v) is 5.76. The molecule has 4 rings (SSSR count). The van der Waals surface area contributed by atoms with Crippen molar-refractivity contribution in [2.75, 3.05) is 51.3 Å². The number of urea groups is 1. The van der Waals surface area contributed by atoms with Gasteiger partial charge in [-0.25, -0.2) is 4.79 Å². The van der Waals surface area contributed by atoms with E-state index in [1.54, 1.807) is 0 Å². The fourth-order valence-corrected chi connectivity index (χ4v) is 3.91. The van der Waals surface area contributed by atoms with E-state index in [0.717, 1.165) is 70.3 Å². The zero-order valence-electron chi connectivity index (χ0n) is 16.1. The number of likely N-dealkylation sites (tertiary alicyclic amines) is 1. The van der Waals surface area contributed by atoms with E-state index in [4.69, 9.17) is 9.47 Å². The van der Waals surface area contributed by atoms with Crippen LogP contribution >= 0.6 is 0 Å². The number of nitrogens with one attached hydrogen (secondary N) is 1. The van der Waals surface area contributed by atoms with Crippen molar-refractivity contribution >= 4 is 11.7 Å². The fraction of sp³-hybridized carbons (Fsp3) is 0.667. The van der Waals surface area contributed by atoms with Gasteiger partial charge < -0.3 is 19.7 Å². The summed E-state index contributed by atoms with van der Waals surface area (Å²) in [6, 6.07) is 8.05. The first-order chi connectivity index (χ1) is 13.3. The quantitative estimate of drug-likeness (QED) is 0.832. The Kier molecular flexibility index (Phi) is 6.14. The molecule has 0 aromatic heterocycles. The van der Waals surface area contributed by atoms with Crippen molar-refractivity contribution in [3.8, 4) is 5.75 Å². The van der Waals surface area contributed by atoms with Gasteiger partial charge in [0.05, 0.1) is 25.5 Å². The monoisotopic (exact) mass is 373 g/mol. The number of benzene rings is 1. The van der Waals surface area contributed by atoms with E-state index in [1.165, 1.54) is 19.3 Å². The van der Waals surface area contributed by atoms with Gasteiger partial charge in [-0.1, -0.05) is 12.1 Å². The summed E-state index contributed by atoms with van der Waals surface area (Å²) in [5, 5.41) is 3.11. The molecule has 0 spiro atoms. The Morgan fingerprint density at radius 3 is 2.74 bits per heavy atom. The van der Waals surface area contributed by atoms with Crippen molar-refractivity contribution in [1.29, 1.82) is 0 Å². The average molecular weight is 373 g/mol. The van der Waals surface area contributed by atoms with Crippen LogP contribution < -0.4 is 10.1 Å². The highest BCUT2D eigenvalue weighted by molar-refractivity contribution is 5.91. The van der Waals surface area contributed by atoms with Crippen molar-refractivity contribution in [3.63, 3.8) is 0 Å². The van der Waals surface area contributed by atoms with Crippen LogP contribution in [0.4, 0.5) is 10.5 Å². The minimum atomic E-state index is -0.00423. The molecule has 2 amide bonds. The molecule has 1 saturated carbocycles. The molecule has 0 radical (unpaired) electrons. The summed E-state index contributed by atoms with van der Waals surface area (Å²) in [6.07, 6.45) is 5.86. The first-order valence-corrected chi connectivity index (χ1v) is 10.4. The highest BCUT2D eigenvalue weighted by Crippen LogP contribution is 2.32. The lowest BCUT2D eigenvalue weighted by Gasteiger charge is -2.39. The van der Waals surface area contributed by atoms with Gasteiger partial charge in [0.2, 0.25) is 0 Å². The topological polar surface area (TPSA) is 54.0 Å². The van der Waals surface area contributed by atoms with Gasteiger partial charge in [0.15, 0.2) is 0 Å². The van der Waals surface area contributed by atoms with Crippen LogP contribution in [-0.4, -0.2) is 67.9 Å². The molecule has 27 heavy (non-hydrogen) atoms. The molecule has 6 nitrogen and oxygen atoms in total. The first kappa shape index (κ1) is 18.6. The lowest BCUT2D eigenvalue weighted by molar-refractivity contribution is 0.0229. The van der Waals surface area contributed by atoms with Gasteiger partial charge in [-0.3, -0.25) is 4.90 Å². The number of nitrogens with zero attached hydrogens (tertiary/aromatic N) is 2. The molecule has 1 aromatic carbocycles. The van der Waals surface area contributed by atoms with Gasteiger partial charge in [0.1, 0.15) is 5.75 Å². The van der Waals surface area contributed by atoms with Crippen LogP contribution in [0.2, 0.25) is 0 Å². The van der Waals surface area contributed by atoms with Crippen LogP contribution in [0.25, 0.3) is 0 Å². The largest absolute Gasteiger partial charge is 0.491 e. The second-order valence-electron chi connectivity index (χ2n) is 7.94. The number of rotatable bonds is 6. The summed E-state index contributed by atoms with van der Waals surface area (Å²) in [7, 11) is 0. The van der Waals surface area contributed by atoms with E-state index in [2.05, 4.69) is 10.2 Å². The Balaban J connectivity index is 1.38. The van der Waals surface area contributed by atoms with E-state index in [-0.39, 0.29) is 12.1 Å². The lowest BCUT2D eigenvalue weighted by atomic mass is 10.0. The average Bonchev–Trinajstić information content (AvgIpc) is 3.53. The van der Waals surface area contributed by atoms with Gasteiger partial charge in [-0.15, -0.1) is 0 Å². The molecular weight excluding hydrogens is 342 g/mol. The van der Waals surface area contributed by atoms with Gasteiger partial charge in [0, 0.05) is 32.2 Å². The zero-order chi connectivity index (χ0) is 18.5. The lowest BCUT2D eigenvalue weighted by Crippen LogP contribution is -2.52. The summed E-state index contributed by atoms with van der Waals surface area (Å²) >= 11 is 0. The number of piperidine rings is 1. The smallest absolute Gasteiger partial charge is 0.322 e. The van der Waals surface area contributed by atoms with Crippen LogP contribution in [-0.2, 0) is 4.74 Å². The predicted molar refractivity (Wildman–Crippen MR) is 105 cm³/mol. The number of hydrogen-bond acceptors (Lipinski definition) is 4. The van der Waals surface area contributed by atoms with E-state index in [1.807, 2.05) is 29.2 Å². The van der Waals surface area contributed by atoms with Gasteiger partial charge >= 0.3 is 6.03 Å². The van der Waals surface area contributed by atoms with E-state index in [9.17, 15) is 4.79 Å². The Bertz CT molecular complexity index is 629. The van der Waals surface area contributed by atoms with E-state index in [0.29, 0.717) is 5.92 Å². The number of ether oxygens (including phenoxy) is 2. The Labute approximate surface area is 161 Å². The number of morpholine rings is 1. The second-order valence-corrected chi connectivity index (χ2v) is 7.94. The molecule has 0 bridgehead atoms. The normalized spacial score (nSPS) is 23.9. The maximum absolute atomic E-state index is 13.0. The Morgan fingerprint density at radius 2 is 1.93 bits per heavy atom. The molecule has 2 saturated heterocycles. The Hall–Kier alpha value is -1.79. The molecule has 2 aliphatic heterocycles. The maximum Gasteiger partial charge on any atom is 0.322 e. The maximum atomic E-state index is 13.0. The fourth-order valence-electron chi connectivity index (χ4n) is 3.91. The number of anilines is 1. The molecule has 6 heteroatoms. The van der Waals surface area contributed by atoms with Crippen molar-refractivity contribution in [3.05, 3.63) is 24.3 Å². The molecule has 2 heterocycles. The Morgan fingerprint density at radius 1 is 1.11 bits per heavy atom. The number of carbonyl (C=O) groups is 1. The van der Waals surface area contributed by atoms with Gasteiger partial charge in [0.25, 0.3) is 0 Å². The number of para-hydroxylation sites is 2. The summed E-state index contributed by atoms with van der Waals surface area (Å²) in [6.45, 7) is 6.03. The highest BCUT2D eigenvalue weighted by atomic mass is 16.5. The molecule has 148 valence electrons. The highest BCUT2D eigenvalue weighted by Gasteiger charge is 2.29. The van der Waals surface area contributed by atoms with Crippen molar-refractivity contribution in [2.24, 2.45) is 5.92 Å². The van der Waals surface area contributed by atoms with Crippen molar-refractivity contribution in [2.45, 2.75) is 38.1 Å². The zero-order valence-corrected chi connectivity index (χ0v) is 16.1. The second kappa shape index (κ2) is 8.93. The summed E-state index contributed by atoms with van der Waals surface area (Å²) in [4.78, 5) is 17.5. The summed E-state index contributed by atoms with van der Waals surface area (Å²) in [5.41, 5.74) is 0.777. The standard InChI is InChI=1S/C21H31N3O3/c25-21(22-19-6-1-2-7-20(19)27-16-17-8-9-17)24-10-4-3-5-18(24)15-23-11-13-26-14-12-23/h1-2,6-7,17-18H,3-5,8-16H2,(H,22,25).